The van der Waals surface area contributed by atoms with Crippen molar-refractivity contribution in [1.82, 2.24) is 10.7 Å². The molecule has 0 spiro atoms. The van der Waals surface area contributed by atoms with E-state index in [1.165, 1.54) is 0 Å². The number of halogens is 1. The van der Waals surface area contributed by atoms with Crippen LogP contribution in [0.15, 0.2) is 18.2 Å². The average molecular weight is 272 g/mol. The summed E-state index contributed by atoms with van der Waals surface area (Å²) in [6, 6.07) is 6.06. The third kappa shape index (κ3) is 4.40. The van der Waals surface area contributed by atoms with Gasteiger partial charge >= 0.3 is 0 Å². The van der Waals surface area contributed by atoms with Crippen molar-refractivity contribution in [3.63, 3.8) is 0 Å². The van der Waals surface area contributed by atoms with Gasteiger partial charge in [0.2, 0.25) is 0 Å². The monoisotopic (exact) mass is 271 g/mol. The van der Waals surface area contributed by atoms with E-state index in [2.05, 4.69) is 30.0 Å². The molecule has 1 unspecified atom stereocenters. The fourth-order valence-corrected chi connectivity index (χ4v) is 1.66. The Kier molecular flexibility index (Phi) is 5.51. The van der Waals surface area contributed by atoms with Gasteiger partial charge in [-0.1, -0.05) is 24.6 Å². The van der Waals surface area contributed by atoms with Gasteiger partial charge in [0, 0.05) is 11.1 Å². The molecule has 1 rings (SSSR count). The van der Waals surface area contributed by atoms with Gasteiger partial charge in [-0.2, -0.15) is 0 Å². The molecule has 0 aliphatic rings. The van der Waals surface area contributed by atoms with Gasteiger partial charge in [0.15, 0.2) is 5.11 Å². The van der Waals surface area contributed by atoms with Crippen molar-refractivity contribution in [2.45, 2.75) is 33.2 Å². The minimum Gasteiger partial charge on any atom is -0.359 e. The van der Waals surface area contributed by atoms with Crippen molar-refractivity contribution in [2.24, 2.45) is 0 Å². The molecule has 0 amide bonds. The predicted octanol–water partition coefficient (Wildman–Crippen LogP) is 3.24. The molecular weight excluding hydrogens is 254 g/mol. The number of hydrogen-bond acceptors (Lipinski definition) is 2. The third-order valence-electron chi connectivity index (χ3n) is 2.57. The predicted molar refractivity (Wildman–Crippen MR) is 78.4 cm³/mol. The first-order valence-electron chi connectivity index (χ1n) is 5.62. The fourth-order valence-electron chi connectivity index (χ4n) is 1.23. The zero-order valence-corrected chi connectivity index (χ0v) is 11.9. The number of hydrogen-bond donors (Lipinski definition) is 3. The molecule has 0 aromatic heterocycles. The molecule has 1 aromatic rings. The maximum Gasteiger partial charge on any atom is 0.185 e. The number of hydrazine groups is 1. The Morgan fingerprint density at radius 2 is 2.18 bits per heavy atom. The van der Waals surface area contributed by atoms with Crippen LogP contribution in [0.2, 0.25) is 5.02 Å². The fraction of sp³-hybridized carbons (Fsp3) is 0.417. The van der Waals surface area contributed by atoms with E-state index in [9.17, 15) is 0 Å². The summed E-state index contributed by atoms with van der Waals surface area (Å²) < 4.78 is 0. The zero-order valence-electron chi connectivity index (χ0n) is 10.3. The van der Waals surface area contributed by atoms with E-state index in [-0.39, 0.29) is 0 Å². The molecule has 94 valence electrons. The zero-order chi connectivity index (χ0) is 12.8. The van der Waals surface area contributed by atoms with Crippen LogP contribution in [0.4, 0.5) is 5.69 Å². The van der Waals surface area contributed by atoms with Crippen molar-refractivity contribution in [3.8, 4) is 0 Å². The summed E-state index contributed by atoms with van der Waals surface area (Å²) in [5, 5.41) is 4.47. The van der Waals surface area contributed by atoms with Gasteiger partial charge in [-0.25, -0.2) is 0 Å². The highest BCUT2D eigenvalue weighted by molar-refractivity contribution is 7.80. The van der Waals surface area contributed by atoms with Crippen molar-refractivity contribution in [3.05, 3.63) is 28.8 Å². The molecular formula is C12H18ClN3S. The second-order valence-electron chi connectivity index (χ2n) is 3.95. The lowest BCUT2D eigenvalue weighted by atomic mass is 10.2. The Labute approximate surface area is 113 Å². The summed E-state index contributed by atoms with van der Waals surface area (Å²) in [6.45, 7) is 6.14. The first-order chi connectivity index (χ1) is 8.04. The van der Waals surface area contributed by atoms with Crippen LogP contribution in [0.3, 0.4) is 0 Å². The van der Waals surface area contributed by atoms with Gasteiger partial charge in [-0.05, 0) is 50.2 Å². The maximum absolute atomic E-state index is 6.02. The molecule has 0 saturated carbocycles. The lowest BCUT2D eigenvalue weighted by Gasteiger charge is -2.17. The quantitative estimate of drug-likeness (QED) is 0.580. The maximum atomic E-state index is 6.02. The van der Waals surface area contributed by atoms with Gasteiger partial charge in [-0.3, -0.25) is 10.9 Å². The molecule has 0 saturated heterocycles. The van der Waals surface area contributed by atoms with Crippen molar-refractivity contribution >= 4 is 34.6 Å². The van der Waals surface area contributed by atoms with Crippen LogP contribution in [-0.2, 0) is 0 Å². The highest BCUT2D eigenvalue weighted by Gasteiger charge is 2.03. The van der Waals surface area contributed by atoms with Crippen LogP contribution in [0.1, 0.15) is 25.8 Å². The number of anilines is 1. The average Bonchev–Trinajstić information content (AvgIpc) is 2.31. The molecule has 17 heavy (non-hydrogen) atoms. The van der Waals surface area contributed by atoms with E-state index in [1.807, 2.05) is 25.1 Å². The topological polar surface area (TPSA) is 36.1 Å². The lowest BCUT2D eigenvalue weighted by molar-refractivity contribution is 0.637. The van der Waals surface area contributed by atoms with Crippen molar-refractivity contribution < 1.29 is 0 Å². The summed E-state index contributed by atoms with van der Waals surface area (Å²) in [7, 11) is 0. The van der Waals surface area contributed by atoms with E-state index < -0.39 is 0 Å². The summed E-state index contributed by atoms with van der Waals surface area (Å²) in [5.74, 6) is 0. The van der Waals surface area contributed by atoms with Gasteiger partial charge < -0.3 is 5.32 Å². The molecule has 0 aliphatic heterocycles. The van der Waals surface area contributed by atoms with Gasteiger partial charge in [0.05, 0.1) is 5.69 Å². The van der Waals surface area contributed by atoms with E-state index in [0.717, 1.165) is 22.7 Å². The van der Waals surface area contributed by atoms with Crippen LogP contribution in [-0.4, -0.2) is 11.2 Å². The number of thiocarbonyl (C=S) groups is 1. The first kappa shape index (κ1) is 14.1. The van der Waals surface area contributed by atoms with E-state index >= 15 is 0 Å². The molecule has 1 atom stereocenters. The highest BCUT2D eigenvalue weighted by atomic mass is 35.5. The van der Waals surface area contributed by atoms with Crippen LogP contribution in [0, 0.1) is 6.92 Å². The van der Waals surface area contributed by atoms with Gasteiger partial charge in [0.25, 0.3) is 0 Å². The Hall–Kier alpha value is -1.00. The van der Waals surface area contributed by atoms with Crippen LogP contribution in [0.5, 0.6) is 0 Å². The Balaban J connectivity index is 2.50. The Morgan fingerprint density at radius 3 is 2.82 bits per heavy atom. The number of rotatable bonds is 4. The highest BCUT2D eigenvalue weighted by Crippen LogP contribution is 2.21. The molecule has 3 nitrogen and oxygen atoms in total. The second kappa shape index (κ2) is 6.67. The summed E-state index contributed by atoms with van der Waals surface area (Å²) in [4.78, 5) is 0. The first-order valence-corrected chi connectivity index (χ1v) is 6.40. The normalized spacial score (nSPS) is 11.8. The molecule has 0 fully saturated rings. The third-order valence-corrected chi connectivity index (χ3v) is 3.20. The van der Waals surface area contributed by atoms with Gasteiger partial charge in [-0.15, -0.1) is 0 Å². The van der Waals surface area contributed by atoms with Crippen LogP contribution in [0.25, 0.3) is 0 Å². The standard InChI is InChI=1S/C12H18ClN3S/c1-4-8(2)14-12(17)16-15-11-7-5-6-10(13)9(11)3/h5-8,15H,4H2,1-3H3,(H2,14,16,17). The molecule has 0 bridgehead atoms. The smallest absolute Gasteiger partial charge is 0.185 e. The Morgan fingerprint density at radius 1 is 1.47 bits per heavy atom. The summed E-state index contributed by atoms with van der Waals surface area (Å²) >= 11 is 11.2. The van der Waals surface area contributed by atoms with E-state index in [1.54, 1.807) is 0 Å². The van der Waals surface area contributed by atoms with Crippen molar-refractivity contribution in [1.29, 1.82) is 0 Å². The largest absolute Gasteiger partial charge is 0.359 e. The molecule has 0 heterocycles. The number of nitrogens with one attached hydrogen (secondary N) is 3. The second-order valence-corrected chi connectivity index (χ2v) is 4.76. The summed E-state index contributed by atoms with van der Waals surface area (Å²) in [6.07, 6.45) is 1.03. The van der Waals surface area contributed by atoms with Crippen molar-refractivity contribution in [2.75, 3.05) is 5.43 Å². The molecule has 3 N–H and O–H groups in total. The molecule has 5 heteroatoms. The number of benzene rings is 1. The molecule has 0 aliphatic carbocycles. The van der Waals surface area contributed by atoms with Crippen LogP contribution >= 0.6 is 23.8 Å². The Bertz CT molecular complexity index is 395. The SMILES string of the molecule is CCC(C)NC(=S)NNc1cccc(Cl)c1C. The van der Waals surface area contributed by atoms with Gasteiger partial charge in [0.1, 0.15) is 0 Å². The molecule has 0 radical (unpaired) electrons. The van der Waals surface area contributed by atoms with Crippen LogP contribution < -0.4 is 16.2 Å². The lowest BCUT2D eigenvalue weighted by Crippen LogP contribution is -2.42. The minimum absolute atomic E-state index is 0.359. The van der Waals surface area contributed by atoms with E-state index in [0.29, 0.717) is 11.2 Å². The van der Waals surface area contributed by atoms with E-state index in [4.69, 9.17) is 23.8 Å². The molecule has 1 aromatic carbocycles. The summed E-state index contributed by atoms with van der Waals surface area (Å²) in [5.41, 5.74) is 7.90. The minimum atomic E-state index is 0.359.